The SMILES string of the molecule is Cc1ocnc1CNC(=O)Nc1ccc(Oc2cccc(C#N)c2)cc1. The van der Waals surface area contributed by atoms with Crippen molar-refractivity contribution in [3.8, 4) is 17.6 Å². The predicted octanol–water partition coefficient (Wildman–Crippen LogP) is 3.97. The zero-order chi connectivity index (χ0) is 18.4. The third kappa shape index (κ3) is 4.39. The molecule has 1 aromatic heterocycles. The lowest BCUT2D eigenvalue weighted by molar-refractivity contribution is 0.251. The van der Waals surface area contributed by atoms with Gasteiger partial charge in [0.15, 0.2) is 6.39 Å². The van der Waals surface area contributed by atoms with E-state index < -0.39 is 0 Å². The standard InChI is InChI=1S/C19H16N4O3/c1-13-18(22-12-25-13)11-21-19(24)23-15-5-7-16(8-6-15)26-17-4-2-3-14(9-17)10-20/h2-9,12H,11H2,1H3,(H2,21,23,24). The molecule has 0 aliphatic heterocycles. The summed E-state index contributed by atoms with van der Waals surface area (Å²) in [7, 11) is 0. The van der Waals surface area contributed by atoms with Crippen LogP contribution in [-0.4, -0.2) is 11.0 Å². The highest BCUT2D eigenvalue weighted by Crippen LogP contribution is 2.23. The van der Waals surface area contributed by atoms with Crippen LogP contribution in [0.4, 0.5) is 10.5 Å². The van der Waals surface area contributed by atoms with Crippen LogP contribution in [0.25, 0.3) is 0 Å². The van der Waals surface area contributed by atoms with Gasteiger partial charge in [0, 0.05) is 5.69 Å². The zero-order valence-corrected chi connectivity index (χ0v) is 14.0. The fourth-order valence-electron chi connectivity index (χ4n) is 2.21. The molecule has 2 N–H and O–H groups in total. The summed E-state index contributed by atoms with van der Waals surface area (Å²) in [6, 6.07) is 15.5. The number of carbonyl (C=O) groups excluding carboxylic acids is 1. The lowest BCUT2D eigenvalue weighted by Gasteiger charge is -2.09. The van der Waals surface area contributed by atoms with Gasteiger partial charge >= 0.3 is 6.03 Å². The summed E-state index contributed by atoms with van der Waals surface area (Å²) in [6.07, 6.45) is 1.34. The fourth-order valence-corrected chi connectivity index (χ4v) is 2.21. The summed E-state index contributed by atoms with van der Waals surface area (Å²) in [5, 5.41) is 14.3. The molecule has 0 unspecified atom stereocenters. The number of rotatable bonds is 5. The minimum atomic E-state index is -0.345. The number of ether oxygens (including phenoxy) is 1. The maximum atomic E-state index is 11.9. The summed E-state index contributed by atoms with van der Waals surface area (Å²) in [4.78, 5) is 15.9. The molecule has 0 bridgehead atoms. The molecular formula is C19H16N4O3. The Morgan fingerprint density at radius 2 is 2.04 bits per heavy atom. The van der Waals surface area contributed by atoms with E-state index in [1.165, 1.54) is 6.39 Å². The molecule has 2 aromatic carbocycles. The molecule has 0 radical (unpaired) electrons. The van der Waals surface area contributed by atoms with Crippen LogP contribution in [0.15, 0.2) is 59.3 Å². The van der Waals surface area contributed by atoms with Crippen molar-refractivity contribution in [1.82, 2.24) is 10.3 Å². The number of oxazole rings is 1. The monoisotopic (exact) mass is 348 g/mol. The van der Waals surface area contributed by atoms with Crippen molar-refractivity contribution in [1.29, 1.82) is 5.26 Å². The molecule has 0 saturated carbocycles. The van der Waals surface area contributed by atoms with Crippen LogP contribution >= 0.6 is 0 Å². The first-order valence-electron chi connectivity index (χ1n) is 7.86. The van der Waals surface area contributed by atoms with Gasteiger partial charge in [-0.25, -0.2) is 9.78 Å². The van der Waals surface area contributed by atoms with Crippen LogP contribution in [0.2, 0.25) is 0 Å². The smallest absolute Gasteiger partial charge is 0.319 e. The van der Waals surface area contributed by atoms with E-state index in [4.69, 9.17) is 14.4 Å². The van der Waals surface area contributed by atoms with E-state index in [9.17, 15) is 4.79 Å². The Balaban J connectivity index is 1.54. The molecular weight excluding hydrogens is 332 g/mol. The van der Waals surface area contributed by atoms with Gasteiger partial charge < -0.3 is 19.8 Å². The Bertz CT molecular complexity index is 942. The molecule has 130 valence electrons. The van der Waals surface area contributed by atoms with Crippen LogP contribution in [0, 0.1) is 18.3 Å². The maximum Gasteiger partial charge on any atom is 0.319 e. The normalized spacial score (nSPS) is 10.0. The Kier molecular flexibility index (Phi) is 5.15. The highest BCUT2D eigenvalue weighted by atomic mass is 16.5. The third-order valence-corrected chi connectivity index (χ3v) is 3.57. The number of hydrogen-bond donors (Lipinski definition) is 2. The summed E-state index contributed by atoms with van der Waals surface area (Å²) < 4.78 is 10.8. The number of nitrogens with zero attached hydrogens (tertiary/aromatic N) is 2. The lowest BCUT2D eigenvalue weighted by atomic mass is 10.2. The van der Waals surface area contributed by atoms with Crippen molar-refractivity contribution in [2.75, 3.05) is 5.32 Å². The average molecular weight is 348 g/mol. The van der Waals surface area contributed by atoms with Gasteiger partial charge in [-0.05, 0) is 49.4 Å². The van der Waals surface area contributed by atoms with Crippen molar-refractivity contribution in [2.45, 2.75) is 13.5 Å². The fraction of sp³-hybridized carbons (Fsp3) is 0.105. The van der Waals surface area contributed by atoms with E-state index in [1.54, 1.807) is 55.5 Å². The van der Waals surface area contributed by atoms with Gasteiger partial charge in [-0.15, -0.1) is 0 Å². The van der Waals surface area contributed by atoms with Crippen molar-refractivity contribution in [3.63, 3.8) is 0 Å². The van der Waals surface area contributed by atoms with Crippen LogP contribution in [0.5, 0.6) is 11.5 Å². The first kappa shape index (κ1) is 17.0. The number of nitrogens with one attached hydrogen (secondary N) is 2. The number of urea groups is 1. The second kappa shape index (κ2) is 7.85. The molecule has 7 heteroatoms. The largest absolute Gasteiger partial charge is 0.457 e. The molecule has 3 aromatic rings. The minimum Gasteiger partial charge on any atom is -0.457 e. The molecule has 0 saturated heterocycles. The number of anilines is 1. The maximum absolute atomic E-state index is 11.9. The average Bonchev–Trinajstić information content (AvgIpc) is 3.07. The van der Waals surface area contributed by atoms with Gasteiger partial charge in [0.05, 0.1) is 18.2 Å². The minimum absolute atomic E-state index is 0.282. The third-order valence-electron chi connectivity index (χ3n) is 3.57. The van der Waals surface area contributed by atoms with E-state index in [0.29, 0.717) is 34.2 Å². The Morgan fingerprint density at radius 1 is 1.23 bits per heavy atom. The molecule has 0 aliphatic rings. The highest BCUT2D eigenvalue weighted by Gasteiger charge is 2.06. The van der Waals surface area contributed by atoms with E-state index in [1.807, 2.05) is 0 Å². The molecule has 0 fully saturated rings. The molecule has 0 spiro atoms. The quantitative estimate of drug-likeness (QED) is 0.726. The zero-order valence-electron chi connectivity index (χ0n) is 14.0. The molecule has 0 aliphatic carbocycles. The van der Waals surface area contributed by atoms with Crippen LogP contribution < -0.4 is 15.4 Å². The van der Waals surface area contributed by atoms with Gasteiger partial charge in [0.1, 0.15) is 23.0 Å². The second-order valence-electron chi connectivity index (χ2n) is 5.43. The lowest BCUT2D eigenvalue weighted by Crippen LogP contribution is -2.28. The Labute approximate surface area is 150 Å². The molecule has 26 heavy (non-hydrogen) atoms. The number of aryl methyl sites for hydroxylation is 1. The van der Waals surface area contributed by atoms with E-state index in [0.717, 1.165) is 0 Å². The van der Waals surface area contributed by atoms with Gasteiger partial charge in [0.25, 0.3) is 0 Å². The van der Waals surface area contributed by atoms with Gasteiger partial charge in [0.2, 0.25) is 0 Å². The number of hydrogen-bond acceptors (Lipinski definition) is 5. The number of nitriles is 1. The predicted molar refractivity (Wildman–Crippen MR) is 94.8 cm³/mol. The first-order chi connectivity index (χ1) is 12.6. The number of amides is 2. The Morgan fingerprint density at radius 3 is 2.73 bits per heavy atom. The van der Waals surface area contributed by atoms with Crippen molar-refractivity contribution >= 4 is 11.7 Å². The second-order valence-corrected chi connectivity index (χ2v) is 5.43. The van der Waals surface area contributed by atoms with Gasteiger partial charge in [-0.1, -0.05) is 6.07 Å². The number of benzene rings is 2. The summed E-state index contributed by atoms with van der Waals surface area (Å²) in [6.45, 7) is 2.07. The number of carbonyl (C=O) groups is 1. The molecule has 7 nitrogen and oxygen atoms in total. The van der Waals surface area contributed by atoms with Crippen LogP contribution in [0.1, 0.15) is 17.0 Å². The summed E-state index contributed by atoms with van der Waals surface area (Å²) in [5.41, 5.74) is 1.83. The van der Waals surface area contributed by atoms with Crippen molar-refractivity contribution < 1.29 is 13.9 Å². The van der Waals surface area contributed by atoms with E-state index in [-0.39, 0.29) is 12.6 Å². The van der Waals surface area contributed by atoms with Crippen LogP contribution in [-0.2, 0) is 6.54 Å². The molecule has 0 atom stereocenters. The summed E-state index contributed by atoms with van der Waals surface area (Å²) >= 11 is 0. The van der Waals surface area contributed by atoms with Crippen molar-refractivity contribution in [3.05, 3.63) is 71.9 Å². The van der Waals surface area contributed by atoms with Crippen molar-refractivity contribution in [2.24, 2.45) is 0 Å². The van der Waals surface area contributed by atoms with Crippen LogP contribution in [0.3, 0.4) is 0 Å². The Hall–Kier alpha value is -3.79. The molecule has 1 heterocycles. The van der Waals surface area contributed by atoms with E-state index in [2.05, 4.69) is 21.7 Å². The topological polar surface area (TPSA) is 100 Å². The summed E-state index contributed by atoms with van der Waals surface area (Å²) in [5.74, 6) is 1.85. The molecule has 2 amide bonds. The first-order valence-corrected chi connectivity index (χ1v) is 7.86. The molecule has 3 rings (SSSR count). The highest BCUT2D eigenvalue weighted by molar-refractivity contribution is 5.89. The van der Waals surface area contributed by atoms with E-state index >= 15 is 0 Å². The number of aromatic nitrogens is 1. The van der Waals surface area contributed by atoms with Gasteiger partial charge in [-0.3, -0.25) is 0 Å². The van der Waals surface area contributed by atoms with Gasteiger partial charge in [-0.2, -0.15) is 5.26 Å².